The molecule has 1 atom stereocenters. The summed E-state index contributed by atoms with van der Waals surface area (Å²) in [6, 6.07) is 1.96. The quantitative estimate of drug-likeness (QED) is 0.693. The normalized spacial score (nSPS) is 25.0. The van der Waals surface area contributed by atoms with E-state index in [1.54, 1.807) is 6.33 Å². The molecule has 9 heteroatoms. The van der Waals surface area contributed by atoms with Crippen LogP contribution in [0.4, 0.5) is 5.82 Å². The van der Waals surface area contributed by atoms with Gasteiger partial charge in [0.15, 0.2) is 5.69 Å². The van der Waals surface area contributed by atoms with Crippen molar-refractivity contribution >= 4 is 11.7 Å². The molecule has 4 rings (SSSR count). The summed E-state index contributed by atoms with van der Waals surface area (Å²) in [5.74, 6) is 0.625. The Labute approximate surface area is 149 Å². The Balaban J connectivity index is 1.36. The monoisotopic (exact) mass is 356 g/mol. The molecule has 3 heterocycles. The van der Waals surface area contributed by atoms with Crippen molar-refractivity contribution in [2.45, 2.75) is 37.3 Å². The third-order valence-corrected chi connectivity index (χ3v) is 4.98. The van der Waals surface area contributed by atoms with Crippen molar-refractivity contribution in [1.29, 1.82) is 0 Å². The van der Waals surface area contributed by atoms with Gasteiger partial charge in [-0.25, -0.2) is 15.0 Å². The van der Waals surface area contributed by atoms with Crippen LogP contribution in [0.2, 0.25) is 0 Å². The third-order valence-electron chi connectivity index (χ3n) is 4.98. The van der Waals surface area contributed by atoms with E-state index < -0.39 is 11.5 Å². The maximum absolute atomic E-state index is 12.1. The molecule has 1 saturated heterocycles. The Hall–Kier alpha value is -2.81. The fraction of sp³-hybridized carbons (Fsp3) is 0.471. The average molecular weight is 356 g/mol. The molecule has 2 fully saturated rings. The van der Waals surface area contributed by atoms with Crippen molar-refractivity contribution in [2.75, 3.05) is 18.0 Å². The topological polar surface area (TPSA) is 124 Å². The van der Waals surface area contributed by atoms with Crippen molar-refractivity contribution in [1.82, 2.24) is 25.3 Å². The number of nitrogens with zero attached hydrogens (tertiary/aromatic N) is 4. The maximum Gasteiger partial charge on any atom is 0.279 e. The van der Waals surface area contributed by atoms with Gasteiger partial charge in [0, 0.05) is 49.2 Å². The van der Waals surface area contributed by atoms with Gasteiger partial charge < -0.3 is 20.3 Å². The summed E-state index contributed by atoms with van der Waals surface area (Å²) in [4.78, 5) is 40.7. The van der Waals surface area contributed by atoms with Crippen LogP contribution in [0.5, 0.6) is 0 Å². The van der Waals surface area contributed by atoms with Crippen LogP contribution >= 0.6 is 0 Å². The molecular formula is C17H20N6O3. The molecule has 1 amide bonds. The standard InChI is InChI=1S/C17H20N6O3/c24-12-1-4-23(8-12)14-7-13(20-9-21-14)10-5-11(6-10)22-17(26)15-16(25)19-3-2-18-15/h2-3,7,9-12,24H,1,4-6,8H2,(H,19,25)(H,22,26). The molecule has 26 heavy (non-hydrogen) atoms. The highest BCUT2D eigenvalue weighted by Crippen LogP contribution is 2.36. The number of hydrogen-bond acceptors (Lipinski definition) is 7. The predicted octanol–water partition coefficient (Wildman–Crippen LogP) is -0.193. The number of carbonyl (C=O) groups excluding carboxylic acids is 1. The molecule has 0 spiro atoms. The number of aliphatic hydroxyl groups is 1. The first-order valence-corrected chi connectivity index (χ1v) is 8.69. The number of amides is 1. The van der Waals surface area contributed by atoms with E-state index in [1.165, 1.54) is 12.4 Å². The van der Waals surface area contributed by atoms with Gasteiger partial charge >= 0.3 is 0 Å². The second kappa shape index (κ2) is 6.83. The summed E-state index contributed by atoms with van der Waals surface area (Å²) in [5, 5.41) is 12.5. The molecule has 1 aliphatic carbocycles. The number of aromatic nitrogens is 4. The fourth-order valence-electron chi connectivity index (χ4n) is 3.45. The molecule has 3 N–H and O–H groups in total. The lowest BCUT2D eigenvalue weighted by Gasteiger charge is -2.35. The summed E-state index contributed by atoms with van der Waals surface area (Å²) >= 11 is 0. The van der Waals surface area contributed by atoms with E-state index in [1.807, 2.05) is 6.07 Å². The van der Waals surface area contributed by atoms with E-state index in [9.17, 15) is 14.7 Å². The van der Waals surface area contributed by atoms with Gasteiger partial charge in [-0.05, 0) is 19.3 Å². The van der Waals surface area contributed by atoms with E-state index in [0.717, 1.165) is 37.3 Å². The zero-order chi connectivity index (χ0) is 18.1. The summed E-state index contributed by atoms with van der Waals surface area (Å²) in [5.41, 5.74) is 0.333. The Bertz CT molecular complexity index is 863. The van der Waals surface area contributed by atoms with Gasteiger partial charge in [0.2, 0.25) is 0 Å². The van der Waals surface area contributed by atoms with Crippen LogP contribution in [0, 0.1) is 0 Å². The van der Waals surface area contributed by atoms with Gasteiger partial charge in [0.05, 0.1) is 6.10 Å². The van der Waals surface area contributed by atoms with Gasteiger partial charge in [-0.15, -0.1) is 0 Å². The lowest BCUT2D eigenvalue weighted by molar-refractivity contribution is 0.0901. The highest BCUT2D eigenvalue weighted by atomic mass is 16.3. The molecular weight excluding hydrogens is 336 g/mol. The molecule has 2 aliphatic rings. The Kier molecular flexibility index (Phi) is 4.37. The lowest BCUT2D eigenvalue weighted by Crippen LogP contribution is -2.45. The number of aliphatic hydroxyl groups excluding tert-OH is 1. The second-order valence-corrected chi connectivity index (χ2v) is 6.80. The molecule has 2 aromatic rings. The van der Waals surface area contributed by atoms with Crippen LogP contribution in [0.25, 0.3) is 0 Å². The van der Waals surface area contributed by atoms with Crippen molar-refractivity contribution < 1.29 is 9.90 Å². The maximum atomic E-state index is 12.1. The van der Waals surface area contributed by atoms with Crippen LogP contribution in [-0.4, -0.2) is 56.2 Å². The van der Waals surface area contributed by atoms with E-state index >= 15 is 0 Å². The van der Waals surface area contributed by atoms with E-state index in [2.05, 4.69) is 30.2 Å². The number of hydrogen-bond donors (Lipinski definition) is 3. The molecule has 1 aliphatic heterocycles. The zero-order valence-corrected chi connectivity index (χ0v) is 14.1. The van der Waals surface area contributed by atoms with Crippen LogP contribution in [0.15, 0.2) is 29.6 Å². The number of H-pyrrole nitrogens is 1. The molecule has 0 bridgehead atoms. The van der Waals surface area contributed by atoms with Crippen molar-refractivity contribution in [2.24, 2.45) is 0 Å². The number of aromatic amines is 1. The Morgan fingerprint density at radius 2 is 2.15 bits per heavy atom. The van der Waals surface area contributed by atoms with E-state index in [-0.39, 0.29) is 23.8 Å². The van der Waals surface area contributed by atoms with E-state index in [0.29, 0.717) is 6.54 Å². The fourth-order valence-corrected chi connectivity index (χ4v) is 3.45. The molecule has 9 nitrogen and oxygen atoms in total. The van der Waals surface area contributed by atoms with Gasteiger partial charge in [0.25, 0.3) is 11.5 Å². The SMILES string of the molecule is O=C(NC1CC(c2cc(N3CCC(O)C3)ncn2)C1)c1ncc[nH]c1=O. The van der Waals surface area contributed by atoms with Gasteiger partial charge in [-0.1, -0.05) is 0 Å². The first kappa shape index (κ1) is 16.6. The predicted molar refractivity (Wildman–Crippen MR) is 93.0 cm³/mol. The van der Waals surface area contributed by atoms with Crippen molar-refractivity contribution in [3.05, 3.63) is 46.5 Å². The van der Waals surface area contributed by atoms with Crippen LogP contribution in [0.1, 0.15) is 41.4 Å². The zero-order valence-electron chi connectivity index (χ0n) is 14.1. The minimum absolute atomic E-state index is 0.000861. The minimum Gasteiger partial charge on any atom is -0.391 e. The Morgan fingerprint density at radius 1 is 1.31 bits per heavy atom. The number of rotatable bonds is 4. The molecule has 1 saturated carbocycles. The van der Waals surface area contributed by atoms with Crippen molar-refractivity contribution in [3.8, 4) is 0 Å². The molecule has 136 valence electrons. The molecule has 2 aromatic heterocycles. The van der Waals surface area contributed by atoms with Crippen LogP contribution < -0.4 is 15.8 Å². The summed E-state index contributed by atoms with van der Waals surface area (Å²) in [6.45, 7) is 1.39. The van der Waals surface area contributed by atoms with Gasteiger partial charge in [0.1, 0.15) is 12.1 Å². The smallest absolute Gasteiger partial charge is 0.279 e. The van der Waals surface area contributed by atoms with Crippen molar-refractivity contribution in [3.63, 3.8) is 0 Å². The highest BCUT2D eigenvalue weighted by Gasteiger charge is 2.34. The third kappa shape index (κ3) is 3.30. The summed E-state index contributed by atoms with van der Waals surface area (Å²) in [6.07, 6.45) is 6.30. The van der Waals surface area contributed by atoms with E-state index in [4.69, 9.17) is 0 Å². The minimum atomic E-state index is -0.492. The van der Waals surface area contributed by atoms with Gasteiger partial charge in [-0.3, -0.25) is 9.59 Å². The lowest BCUT2D eigenvalue weighted by atomic mass is 9.78. The highest BCUT2D eigenvalue weighted by molar-refractivity contribution is 5.92. The number of anilines is 1. The van der Waals surface area contributed by atoms with Crippen LogP contribution in [-0.2, 0) is 0 Å². The average Bonchev–Trinajstić information content (AvgIpc) is 3.04. The largest absolute Gasteiger partial charge is 0.391 e. The molecule has 1 unspecified atom stereocenters. The summed E-state index contributed by atoms with van der Waals surface area (Å²) in [7, 11) is 0. The number of nitrogens with one attached hydrogen (secondary N) is 2. The van der Waals surface area contributed by atoms with Gasteiger partial charge in [-0.2, -0.15) is 0 Å². The Morgan fingerprint density at radius 3 is 2.88 bits per heavy atom. The first-order chi connectivity index (χ1) is 12.6. The molecule has 0 aromatic carbocycles. The van der Waals surface area contributed by atoms with Crippen LogP contribution in [0.3, 0.4) is 0 Å². The molecule has 0 radical (unpaired) electrons. The number of β-amino-alcohol motifs (C(OH)–C–C–N with tert-alkyl or cyclic N) is 1. The first-order valence-electron chi connectivity index (χ1n) is 8.69. The number of carbonyl (C=O) groups is 1. The summed E-state index contributed by atoms with van der Waals surface area (Å²) < 4.78 is 0. The second-order valence-electron chi connectivity index (χ2n) is 6.80.